The molecule has 78 heavy (non-hydrogen) atoms. The van der Waals surface area contributed by atoms with Crippen molar-refractivity contribution >= 4 is 53.2 Å². The molecule has 1 fully saturated rings. The Hall–Kier alpha value is -8.38. The third kappa shape index (κ3) is 16.3. The summed E-state index contributed by atoms with van der Waals surface area (Å²) in [6.07, 6.45) is 5.46. The minimum atomic E-state index is -1.73. The monoisotopic (exact) mass is 1080 g/mol. The summed E-state index contributed by atoms with van der Waals surface area (Å²) in [5.74, 6) is -8.36. The topological polar surface area (TPSA) is 309 Å². The van der Waals surface area contributed by atoms with Crippen molar-refractivity contribution in [3.05, 3.63) is 126 Å². The predicted molar refractivity (Wildman–Crippen MR) is 277 cm³/mol. The molecule has 2 aromatic carbocycles. The van der Waals surface area contributed by atoms with Crippen LogP contribution in [-0.2, 0) is 60.9 Å². The molecule has 3 unspecified atom stereocenters. The highest BCUT2D eigenvalue weighted by atomic mass is 19.1. The molecule has 2 aromatic heterocycles. The Labute approximate surface area is 448 Å². The van der Waals surface area contributed by atoms with E-state index in [1.165, 1.54) is 42.1 Å². The summed E-state index contributed by atoms with van der Waals surface area (Å²) in [6.45, 7) is 6.27. The molecule has 4 heterocycles. The molecule has 7 atom stereocenters. The van der Waals surface area contributed by atoms with Gasteiger partial charge < -0.3 is 61.8 Å². The van der Waals surface area contributed by atoms with Crippen LogP contribution >= 0.6 is 0 Å². The van der Waals surface area contributed by atoms with Gasteiger partial charge in [-0.15, -0.1) is 0 Å². The number of aromatic nitrogens is 2. The second kappa shape index (κ2) is 26.6. The number of carbonyl (C=O) groups excluding carboxylic acids is 9. The van der Waals surface area contributed by atoms with Crippen LogP contribution in [-0.4, -0.2) is 147 Å². The first kappa shape index (κ1) is 58.9. The average Bonchev–Trinajstić information content (AvgIpc) is 4.29. The van der Waals surface area contributed by atoms with Crippen molar-refractivity contribution in [3.63, 3.8) is 0 Å². The summed E-state index contributed by atoms with van der Waals surface area (Å²) < 4.78 is 37.2. The maximum absolute atomic E-state index is 15.4. The number of nitrogens with zero attached hydrogens (tertiary/aromatic N) is 4. The van der Waals surface area contributed by atoms with Gasteiger partial charge in [0.1, 0.15) is 55.1 Å². The van der Waals surface area contributed by atoms with E-state index in [2.05, 4.69) is 36.9 Å². The fraction of sp³-hybridized carbons (Fsp3) is 0.407. The number of rotatable bonds is 26. The highest BCUT2D eigenvalue weighted by Crippen LogP contribution is 2.41. The van der Waals surface area contributed by atoms with Gasteiger partial charge in [-0.3, -0.25) is 48.1 Å². The minimum Gasteiger partial charge on any atom is -0.387 e. The zero-order chi connectivity index (χ0) is 56.8. The Morgan fingerprint density at radius 1 is 0.808 bits per heavy atom. The van der Waals surface area contributed by atoms with Gasteiger partial charge in [-0.05, 0) is 79.3 Å². The van der Waals surface area contributed by atoms with E-state index in [0.717, 1.165) is 23.8 Å². The largest absolute Gasteiger partial charge is 0.387 e. The van der Waals surface area contributed by atoms with Gasteiger partial charge in [-0.2, -0.15) is 0 Å². The Morgan fingerprint density at radius 2 is 1.47 bits per heavy atom. The van der Waals surface area contributed by atoms with Gasteiger partial charge in [0.2, 0.25) is 53.2 Å². The summed E-state index contributed by atoms with van der Waals surface area (Å²) in [4.78, 5) is 126. The number of carbonyl (C=O) groups is 9. The highest BCUT2D eigenvalue weighted by molar-refractivity contribution is 5.97. The molecule has 0 bridgehead atoms. The molecule has 0 aliphatic carbocycles. The van der Waals surface area contributed by atoms with Crippen LogP contribution in [0, 0.1) is 17.0 Å². The molecule has 24 heteroatoms. The Morgan fingerprint density at radius 3 is 2.15 bits per heavy atom. The molecule has 416 valence electrons. The van der Waals surface area contributed by atoms with Crippen molar-refractivity contribution in [3.8, 4) is 11.1 Å². The highest BCUT2D eigenvalue weighted by Gasteiger charge is 2.47. The van der Waals surface area contributed by atoms with Gasteiger partial charge in [-0.25, -0.2) is 8.78 Å². The number of hydrogen-bond donors (Lipinski definition) is 8. The fourth-order valence-electron chi connectivity index (χ4n) is 8.86. The fourth-order valence-corrected chi connectivity index (χ4v) is 8.86. The molecule has 2 aliphatic heterocycles. The molecule has 0 spiro atoms. The summed E-state index contributed by atoms with van der Waals surface area (Å²) in [6, 6.07) is 10.4. The first-order valence-corrected chi connectivity index (χ1v) is 25.2. The number of aliphatic hydroxyl groups excluding tert-OH is 1. The lowest BCUT2D eigenvalue weighted by Crippen LogP contribution is -2.58. The van der Waals surface area contributed by atoms with Crippen LogP contribution in [0.4, 0.5) is 8.78 Å². The van der Waals surface area contributed by atoms with Crippen molar-refractivity contribution in [2.45, 2.75) is 103 Å². The first-order chi connectivity index (χ1) is 37.0. The van der Waals surface area contributed by atoms with Gasteiger partial charge in [0.15, 0.2) is 6.23 Å². The van der Waals surface area contributed by atoms with E-state index in [9.17, 15) is 52.6 Å². The summed E-state index contributed by atoms with van der Waals surface area (Å²) >= 11 is 0. The summed E-state index contributed by atoms with van der Waals surface area (Å²) in [5, 5.41) is 25.7. The number of ether oxygens (including phenoxy) is 1. The van der Waals surface area contributed by atoms with Crippen LogP contribution in [0.3, 0.4) is 0 Å². The van der Waals surface area contributed by atoms with E-state index in [1.807, 2.05) is 51.1 Å². The smallest absolute Gasteiger partial charge is 0.248 e. The second-order valence-electron chi connectivity index (χ2n) is 20.0. The average molecular weight is 1080 g/mol. The van der Waals surface area contributed by atoms with Gasteiger partial charge in [0.05, 0.1) is 18.9 Å². The summed E-state index contributed by atoms with van der Waals surface area (Å²) in [5.41, 5.74) is 6.76. The van der Waals surface area contributed by atoms with Crippen LogP contribution in [0.15, 0.2) is 97.5 Å². The van der Waals surface area contributed by atoms with Crippen LogP contribution in [0.2, 0.25) is 0 Å². The molecular formula is C54H65F2N11O11. The molecule has 0 radical (unpaired) electrons. The molecule has 9 N–H and O–H groups in total. The number of benzene rings is 2. The molecule has 4 aromatic rings. The number of amides is 9. The van der Waals surface area contributed by atoms with E-state index < -0.39 is 120 Å². The number of fused-ring (bicyclic) bond motifs is 1. The molecule has 0 saturated carbocycles. The molecule has 1 saturated heterocycles. The predicted octanol–water partition coefficient (Wildman–Crippen LogP) is 0.628. The van der Waals surface area contributed by atoms with E-state index in [-0.39, 0.29) is 62.8 Å². The van der Waals surface area contributed by atoms with Gasteiger partial charge in [0, 0.05) is 67.7 Å². The van der Waals surface area contributed by atoms with Crippen molar-refractivity contribution in [2.24, 2.45) is 11.1 Å². The van der Waals surface area contributed by atoms with E-state index in [0.29, 0.717) is 11.3 Å². The molecule has 2 aliphatic rings. The lowest BCUT2D eigenvalue weighted by molar-refractivity contribution is -0.140. The minimum absolute atomic E-state index is 0.0518. The zero-order valence-corrected chi connectivity index (χ0v) is 43.8. The number of epoxide rings is 1. The number of hydrogen-bond acceptors (Lipinski definition) is 12. The van der Waals surface area contributed by atoms with Crippen LogP contribution < -0.4 is 37.6 Å². The van der Waals surface area contributed by atoms with E-state index >= 15 is 4.39 Å². The third-order valence-electron chi connectivity index (χ3n) is 12.8. The quantitative estimate of drug-likeness (QED) is 0.0317. The number of aliphatic hydroxyl groups is 1. The number of halogens is 2. The van der Waals surface area contributed by atoms with Crippen molar-refractivity contribution in [2.75, 3.05) is 32.8 Å². The van der Waals surface area contributed by atoms with Gasteiger partial charge >= 0.3 is 0 Å². The standard InChI is InChI=1S/C54H65F2N11O11/c1-31(61-44(70)23-33-15-18-58-19-16-33)49(74)62-32(2)50(75)64-40(26-43(57)69)52(77)63-39(51(76)60-21-20-59-45(71)29-67-46(72)14-13-42-53(67)78-42)17-22-66(47(73)30-68)48(54(3,4)5)41-24-35(37-25-36(55)11-12-38(37)56)28-65(41)27-34-9-7-6-8-10-34/h6-16,18-19,24-25,28,31-32,39-40,42,48,53,68H,17,20-23,26-27,29-30H2,1-5H3,(H2,57,69)(H,59,71)(H,60,76)(H,61,70)(H,62,74)(H,63,77)(H,64,75)/t31-,32-,39-,40-,42?,48?,53?/m0/s1. The lowest BCUT2D eigenvalue weighted by Gasteiger charge is -2.41. The van der Waals surface area contributed by atoms with Crippen LogP contribution in [0.25, 0.3) is 11.1 Å². The van der Waals surface area contributed by atoms with Gasteiger partial charge in [-0.1, -0.05) is 51.1 Å². The Bertz CT molecular complexity index is 2880. The maximum atomic E-state index is 15.4. The van der Waals surface area contributed by atoms with Crippen molar-refractivity contribution < 1.29 is 61.8 Å². The molecular weight excluding hydrogens is 1020 g/mol. The lowest BCUT2D eigenvalue weighted by atomic mass is 9.82. The molecule has 22 nitrogen and oxygen atoms in total. The third-order valence-corrected chi connectivity index (χ3v) is 12.8. The van der Waals surface area contributed by atoms with E-state index in [1.54, 1.807) is 35.0 Å². The maximum Gasteiger partial charge on any atom is 0.248 e. The van der Waals surface area contributed by atoms with Crippen molar-refractivity contribution in [1.29, 1.82) is 0 Å². The SMILES string of the molecule is C[C@H](NC(=O)Cc1ccncc1)C(=O)N[C@@H](C)C(=O)N[C@@H](CC(N)=O)C(=O)N[C@@H](CCN(C(=O)CO)C(c1cc(-c2cc(F)ccc2F)cn1Cc1ccccc1)C(C)(C)C)C(=O)NCCNC(=O)CN1C(=O)C=CC2OC21. The summed E-state index contributed by atoms with van der Waals surface area (Å²) in [7, 11) is 0. The second-order valence-corrected chi connectivity index (χ2v) is 20.0. The number of nitrogens with one attached hydrogen (secondary N) is 6. The van der Waals surface area contributed by atoms with Crippen LogP contribution in [0.5, 0.6) is 0 Å². The number of nitrogens with two attached hydrogens (primary N) is 1. The van der Waals surface area contributed by atoms with Crippen molar-refractivity contribution in [1.82, 2.24) is 51.3 Å². The van der Waals surface area contributed by atoms with Gasteiger partial charge in [0.25, 0.3) is 0 Å². The van der Waals surface area contributed by atoms with Crippen LogP contribution in [0.1, 0.15) is 70.3 Å². The van der Waals surface area contributed by atoms with E-state index in [4.69, 9.17) is 10.5 Å². The Balaban J connectivity index is 1.23. The number of pyridine rings is 1. The number of primary amides is 1. The Kier molecular flexibility index (Phi) is 20.1. The molecule has 9 amide bonds. The first-order valence-electron chi connectivity index (χ1n) is 25.2. The normalized spacial score (nSPS) is 16.5. The molecule has 6 rings (SSSR count). The zero-order valence-electron chi connectivity index (χ0n) is 43.8.